The predicted molar refractivity (Wildman–Crippen MR) is 121 cm³/mol. The van der Waals surface area contributed by atoms with E-state index >= 15 is 0 Å². The van der Waals surface area contributed by atoms with E-state index in [-0.39, 0.29) is 18.2 Å². The zero-order valence-corrected chi connectivity index (χ0v) is 17.6. The molecule has 1 N–H and O–H groups in total. The second kappa shape index (κ2) is 7.88. The van der Waals surface area contributed by atoms with Gasteiger partial charge in [-0.25, -0.2) is 4.98 Å². The Morgan fingerprint density at radius 3 is 2.68 bits per heavy atom. The van der Waals surface area contributed by atoms with E-state index in [1.807, 2.05) is 70.6 Å². The molecule has 0 bridgehead atoms. The molecule has 2 aromatic heterocycles. The lowest BCUT2D eigenvalue weighted by molar-refractivity contribution is -0.122. The van der Waals surface area contributed by atoms with Gasteiger partial charge in [0.15, 0.2) is 4.96 Å². The van der Waals surface area contributed by atoms with Crippen LogP contribution in [0.25, 0.3) is 16.2 Å². The number of aromatic nitrogens is 2. The molecule has 7 nitrogen and oxygen atoms in total. The summed E-state index contributed by atoms with van der Waals surface area (Å²) in [6.45, 7) is 0.337. The SMILES string of the molecule is COc1ccc(N2C[C@H](C(=O)Nc3c(-c4ccccc4)nc4sccn34)CC2=O)cc1. The van der Waals surface area contributed by atoms with Crippen LogP contribution in [-0.2, 0) is 9.59 Å². The van der Waals surface area contributed by atoms with Gasteiger partial charge in [-0.1, -0.05) is 30.3 Å². The molecule has 0 unspecified atom stereocenters. The highest BCUT2D eigenvalue weighted by Crippen LogP contribution is 2.32. The average molecular weight is 433 g/mol. The number of thiazole rings is 1. The smallest absolute Gasteiger partial charge is 0.230 e. The van der Waals surface area contributed by atoms with E-state index < -0.39 is 5.92 Å². The van der Waals surface area contributed by atoms with Gasteiger partial charge in [0.05, 0.1) is 13.0 Å². The van der Waals surface area contributed by atoms with Gasteiger partial charge in [-0.15, -0.1) is 11.3 Å². The number of carbonyl (C=O) groups excluding carboxylic acids is 2. The largest absolute Gasteiger partial charge is 0.497 e. The molecular weight excluding hydrogens is 412 g/mol. The van der Waals surface area contributed by atoms with E-state index in [1.165, 1.54) is 11.3 Å². The molecule has 0 spiro atoms. The van der Waals surface area contributed by atoms with Gasteiger partial charge >= 0.3 is 0 Å². The minimum atomic E-state index is -0.442. The number of methoxy groups -OCH3 is 1. The first-order valence-corrected chi connectivity index (χ1v) is 10.8. The number of ether oxygens (including phenoxy) is 1. The second-order valence-corrected chi connectivity index (χ2v) is 8.20. The Bertz CT molecular complexity index is 1250. The summed E-state index contributed by atoms with van der Waals surface area (Å²) in [6, 6.07) is 17.0. The number of amides is 2. The molecule has 2 amide bonds. The van der Waals surface area contributed by atoms with Crippen LogP contribution in [0.15, 0.2) is 66.2 Å². The molecule has 1 atom stereocenters. The highest BCUT2D eigenvalue weighted by atomic mass is 32.1. The molecule has 1 saturated heterocycles. The number of rotatable bonds is 5. The highest BCUT2D eigenvalue weighted by molar-refractivity contribution is 7.15. The summed E-state index contributed by atoms with van der Waals surface area (Å²) in [6.07, 6.45) is 2.06. The van der Waals surface area contributed by atoms with E-state index in [2.05, 4.69) is 5.32 Å². The van der Waals surface area contributed by atoms with Crippen LogP contribution in [-0.4, -0.2) is 34.9 Å². The quantitative estimate of drug-likeness (QED) is 0.516. The Morgan fingerprint density at radius 2 is 1.94 bits per heavy atom. The summed E-state index contributed by atoms with van der Waals surface area (Å²) in [5, 5.41) is 4.97. The summed E-state index contributed by atoms with van der Waals surface area (Å²) in [4.78, 5) is 32.9. The number of imidazole rings is 1. The van der Waals surface area contributed by atoms with E-state index in [1.54, 1.807) is 12.0 Å². The molecule has 4 aromatic rings. The Balaban J connectivity index is 1.39. The fraction of sp³-hybridized carbons (Fsp3) is 0.174. The van der Waals surface area contributed by atoms with Gasteiger partial charge in [0, 0.05) is 35.8 Å². The second-order valence-electron chi connectivity index (χ2n) is 7.32. The molecule has 1 aliphatic rings. The van der Waals surface area contributed by atoms with Gasteiger partial charge < -0.3 is 15.0 Å². The van der Waals surface area contributed by atoms with Crippen LogP contribution in [0, 0.1) is 5.92 Å². The highest BCUT2D eigenvalue weighted by Gasteiger charge is 2.36. The van der Waals surface area contributed by atoms with E-state index in [0.29, 0.717) is 12.4 Å². The first-order valence-electron chi connectivity index (χ1n) is 9.90. The first kappa shape index (κ1) is 19.3. The van der Waals surface area contributed by atoms with Crippen molar-refractivity contribution in [3.05, 3.63) is 66.2 Å². The van der Waals surface area contributed by atoms with Crippen molar-refractivity contribution in [3.63, 3.8) is 0 Å². The monoisotopic (exact) mass is 432 g/mol. The fourth-order valence-electron chi connectivity index (χ4n) is 3.82. The molecule has 156 valence electrons. The molecule has 1 fully saturated rings. The lowest BCUT2D eigenvalue weighted by Gasteiger charge is -2.17. The molecule has 5 rings (SSSR count). The van der Waals surface area contributed by atoms with Crippen LogP contribution in [0.3, 0.4) is 0 Å². The number of hydrogen-bond acceptors (Lipinski definition) is 5. The average Bonchev–Trinajstić information content (AvgIpc) is 3.50. The number of nitrogens with one attached hydrogen (secondary N) is 1. The number of benzene rings is 2. The maximum Gasteiger partial charge on any atom is 0.230 e. The van der Waals surface area contributed by atoms with Crippen LogP contribution >= 0.6 is 11.3 Å². The summed E-state index contributed by atoms with van der Waals surface area (Å²) in [5.74, 6) is 0.654. The minimum absolute atomic E-state index is 0.0671. The van der Waals surface area contributed by atoms with Crippen molar-refractivity contribution in [3.8, 4) is 17.0 Å². The van der Waals surface area contributed by atoms with Crippen molar-refractivity contribution >= 4 is 39.6 Å². The van der Waals surface area contributed by atoms with E-state index in [0.717, 1.165) is 27.7 Å². The van der Waals surface area contributed by atoms with Crippen LogP contribution in [0.1, 0.15) is 6.42 Å². The van der Waals surface area contributed by atoms with E-state index in [9.17, 15) is 9.59 Å². The standard InChI is InChI=1S/C23H20N4O3S/c1-30-18-9-7-17(8-10-18)27-14-16(13-19(27)28)22(29)25-21-20(15-5-3-2-4-6-15)24-23-26(21)11-12-31-23/h2-12,16H,13-14H2,1H3,(H,25,29)/t16-/m1/s1. The summed E-state index contributed by atoms with van der Waals surface area (Å²) in [5.41, 5.74) is 2.41. The van der Waals surface area contributed by atoms with Gasteiger partial charge in [0.25, 0.3) is 0 Å². The Hall–Kier alpha value is -3.65. The summed E-state index contributed by atoms with van der Waals surface area (Å²) >= 11 is 1.51. The normalized spacial score (nSPS) is 16.1. The molecule has 3 heterocycles. The van der Waals surface area contributed by atoms with Crippen molar-refractivity contribution in [1.29, 1.82) is 0 Å². The minimum Gasteiger partial charge on any atom is -0.497 e. The van der Waals surface area contributed by atoms with E-state index in [4.69, 9.17) is 9.72 Å². The molecular formula is C23H20N4O3S. The number of hydrogen-bond donors (Lipinski definition) is 1. The zero-order valence-electron chi connectivity index (χ0n) is 16.8. The topological polar surface area (TPSA) is 75.9 Å². The molecule has 0 saturated carbocycles. The fourth-order valence-corrected chi connectivity index (χ4v) is 4.53. The molecule has 0 aliphatic carbocycles. The molecule has 31 heavy (non-hydrogen) atoms. The first-order chi connectivity index (χ1) is 15.1. The lowest BCUT2D eigenvalue weighted by Crippen LogP contribution is -2.28. The van der Waals surface area contributed by atoms with Gasteiger partial charge in [-0.05, 0) is 24.3 Å². The van der Waals surface area contributed by atoms with Crippen LogP contribution in [0.4, 0.5) is 11.5 Å². The molecule has 2 aromatic carbocycles. The van der Waals surface area contributed by atoms with Gasteiger partial charge in [-0.3, -0.25) is 14.0 Å². The third-order valence-corrected chi connectivity index (χ3v) is 6.19. The zero-order chi connectivity index (χ0) is 21.4. The molecule has 1 aliphatic heterocycles. The third-order valence-electron chi connectivity index (χ3n) is 5.43. The number of fused-ring (bicyclic) bond motifs is 1. The number of carbonyl (C=O) groups is 2. The molecule has 8 heteroatoms. The maximum absolute atomic E-state index is 13.1. The number of anilines is 2. The molecule has 0 radical (unpaired) electrons. The van der Waals surface area contributed by atoms with Gasteiger partial charge in [-0.2, -0.15) is 0 Å². The van der Waals surface area contributed by atoms with Gasteiger partial charge in [0.1, 0.15) is 17.3 Å². The Morgan fingerprint density at radius 1 is 1.16 bits per heavy atom. The van der Waals surface area contributed by atoms with Crippen LogP contribution in [0.2, 0.25) is 0 Å². The lowest BCUT2D eigenvalue weighted by atomic mass is 10.1. The predicted octanol–water partition coefficient (Wildman–Crippen LogP) is 4.06. The van der Waals surface area contributed by atoms with Crippen molar-refractivity contribution in [2.24, 2.45) is 5.92 Å². The van der Waals surface area contributed by atoms with Crippen molar-refractivity contribution < 1.29 is 14.3 Å². The van der Waals surface area contributed by atoms with Crippen molar-refractivity contribution in [2.75, 3.05) is 23.9 Å². The van der Waals surface area contributed by atoms with Crippen LogP contribution < -0.4 is 15.0 Å². The number of nitrogens with zero attached hydrogens (tertiary/aromatic N) is 3. The Labute approximate surface area is 182 Å². The third kappa shape index (κ3) is 3.55. The maximum atomic E-state index is 13.1. The van der Waals surface area contributed by atoms with Crippen molar-refractivity contribution in [2.45, 2.75) is 6.42 Å². The van der Waals surface area contributed by atoms with Crippen LogP contribution in [0.5, 0.6) is 5.75 Å². The Kier molecular flexibility index (Phi) is 4.91. The van der Waals surface area contributed by atoms with Crippen molar-refractivity contribution in [1.82, 2.24) is 9.38 Å². The summed E-state index contributed by atoms with van der Waals surface area (Å²) in [7, 11) is 1.60. The summed E-state index contributed by atoms with van der Waals surface area (Å²) < 4.78 is 7.06. The van der Waals surface area contributed by atoms with Gasteiger partial charge in [0.2, 0.25) is 11.8 Å².